The zero-order chi connectivity index (χ0) is 14.9. The summed E-state index contributed by atoms with van der Waals surface area (Å²) in [5.41, 5.74) is -0.579. The van der Waals surface area contributed by atoms with E-state index in [1.165, 1.54) is 6.07 Å². The van der Waals surface area contributed by atoms with E-state index < -0.39 is 17.4 Å². The molecule has 2 heterocycles. The van der Waals surface area contributed by atoms with E-state index in [9.17, 15) is 9.59 Å². The molecule has 1 aliphatic heterocycles. The van der Waals surface area contributed by atoms with Gasteiger partial charge >= 0.3 is 11.8 Å². The topological polar surface area (TPSA) is 75.0 Å². The predicted octanol–water partition coefficient (Wildman–Crippen LogP) is 2.49. The first kappa shape index (κ1) is 13.5. The van der Waals surface area contributed by atoms with Crippen LogP contribution in [0.4, 0.5) is 4.79 Å². The largest absolute Gasteiger partial charge is 0.509 e. The third-order valence-electron chi connectivity index (χ3n) is 3.32. The Kier molecular flexibility index (Phi) is 3.29. The van der Waals surface area contributed by atoms with Crippen LogP contribution in [0.1, 0.15) is 13.3 Å². The SMILES string of the molecule is CC1(CCOc2ccc3ccc(=O)oc3c2)COC(=O)O1. The monoisotopic (exact) mass is 290 g/mol. The lowest BCUT2D eigenvalue weighted by atomic mass is 10.1. The maximum absolute atomic E-state index is 11.2. The van der Waals surface area contributed by atoms with Gasteiger partial charge in [-0.2, -0.15) is 0 Å². The van der Waals surface area contributed by atoms with Crippen LogP contribution in [-0.4, -0.2) is 25.0 Å². The summed E-state index contributed by atoms with van der Waals surface area (Å²) in [6.45, 7) is 2.37. The summed E-state index contributed by atoms with van der Waals surface area (Å²) in [5.74, 6) is 0.589. The quantitative estimate of drug-likeness (QED) is 0.636. The number of fused-ring (bicyclic) bond motifs is 1. The molecule has 0 saturated carbocycles. The number of hydrogen-bond donors (Lipinski definition) is 0. The minimum absolute atomic E-state index is 0.224. The number of carbonyl (C=O) groups excluding carboxylic acids is 1. The van der Waals surface area contributed by atoms with Crippen molar-refractivity contribution >= 4 is 17.1 Å². The smallest absolute Gasteiger partial charge is 0.493 e. The van der Waals surface area contributed by atoms with Gasteiger partial charge in [0.15, 0.2) is 5.60 Å². The van der Waals surface area contributed by atoms with Gasteiger partial charge in [0.1, 0.15) is 17.9 Å². The summed E-state index contributed by atoms with van der Waals surface area (Å²) >= 11 is 0. The van der Waals surface area contributed by atoms with Crippen LogP contribution in [0.2, 0.25) is 0 Å². The molecule has 2 aromatic rings. The molecule has 1 aromatic carbocycles. The summed E-state index contributed by atoms with van der Waals surface area (Å²) in [6, 6.07) is 8.34. The van der Waals surface area contributed by atoms with E-state index in [0.717, 1.165) is 5.39 Å². The number of hydrogen-bond acceptors (Lipinski definition) is 6. The summed E-state index contributed by atoms with van der Waals surface area (Å²) in [6.07, 6.45) is -0.139. The molecule has 110 valence electrons. The van der Waals surface area contributed by atoms with Crippen molar-refractivity contribution < 1.29 is 23.4 Å². The van der Waals surface area contributed by atoms with Crippen LogP contribution in [0.3, 0.4) is 0 Å². The van der Waals surface area contributed by atoms with Gasteiger partial charge in [0.25, 0.3) is 0 Å². The first-order valence-corrected chi connectivity index (χ1v) is 6.57. The fraction of sp³-hybridized carbons (Fsp3) is 0.333. The van der Waals surface area contributed by atoms with E-state index in [2.05, 4.69) is 0 Å². The maximum atomic E-state index is 11.2. The van der Waals surface area contributed by atoms with Gasteiger partial charge in [0.2, 0.25) is 0 Å². The lowest BCUT2D eigenvalue weighted by molar-refractivity contribution is 0.0531. The Bertz CT molecular complexity index is 734. The van der Waals surface area contributed by atoms with E-state index in [-0.39, 0.29) is 6.61 Å². The molecule has 21 heavy (non-hydrogen) atoms. The molecule has 0 spiro atoms. The summed E-state index contributed by atoms with van der Waals surface area (Å²) < 4.78 is 20.5. The van der Waals surface area contributed by atoms with Crippen LogP contribution in [0.15, 0.2) is 39.5 Å². The van der Waals surface area contributed by atoms with Crippen molar-refractivity contribution in [3.8, 4) is 5.75 Å². The Balaban J connectivity index is 1.65. The summed E-state index contributed by atoms with van der Waals surface area (Å²) in [4.78, 5) is 22.1. The van der Waals surface area contributed by atoms with E-state index in [1.807, 2.05) is 6.07 Å². The molecule has 0 N–H and O–H groups in total. The van der Waals surface area contributed by atoms with Crippen LogP contribution in [0, 0.1) is 0 Å². The molecule has 1 saturated heterocycles. The van der Waals surface area contributed by atoms with Gasteiger partial charge in [-0.3, -0.25) is 0 Å². The number of rotatable bonds is 4. The summed E-state index contributed by atoms with van der Waals surface area (Å²) in [5, 5.41) is 0.826. The number of ether oxygens (including phenoxy) is 3. The highest BCUT2D eigenvalue weighted by atomic mass is 16.8. The Morgan fingerprint density at radius 2 is 2.05 bits per heavy atom. The average molecular weight is 290 g/mol. The van der Waals surface area contributed by atoms with Crippen LogP contribution < -0.4 is 10.4 Å². The second-order valence-corrected chi connectivity index (χ2v) is 5.14. The zero-order valence-electron chi connectivity index (χ0n) is 11.5. The number of carbonyl (C=O) groups is 1. The second kappa shape index (κ2) is 5.12. The number of cyclic esters (lactones) is 2. The third-order valence-corrected chi connectivity index (χ3v) is 3.32. The van der Waals surface area contributed by atoms with Crippen LogP contribution >= 0.6 is 0 Å². The van der Waals surface area contributed by atoms with Crippen molar-refractivity contribution in [3.63, 3.8) is 0 Å². The Hall–Kier alpha value is -2.50. The van der Waals surface area contributed by atoms with Crippen molar-refractivity contribution in [2.75, 3.05) is 13.2 Å². The first-order chi connectivity index (χ1) is 10.0. The van der Waals surface area contributed by atoms with E-state index in [4.69, 9.17) is 18.6 Å². The van der Waals surface area contributed by atoms with Gasteiger partial charge in [0.05, 0.1) is 6.61 Å². The van der Waals surface area contributed by atoms with Crippen molar-refractivity contribution in [2.45, 2.75) is 18.9 Å². The normalized spacial score (nSPS) is 21.1. The fourth-order valence-corrected chi connectivity index (χ4v) is 2.11. The first-order valence-electron chi connectivity index (χ1n) is 6.57. The average Bonchev–Trinajstić information content (AvgIpc) is 2.78. The van der Waals surface area contributed by atoms with Gasteiger partial charge < -0.3 is 18.6 Å². The molecule has 0 radical (unpaired) electrons. The zero-order valence-corrected chi connectivity index (χ0v) is 11.5. The minimum Gasteiger partial charge on any atom is -0.493 e. The highest BCUT2D eigenvalue weighted by molar-refractivity contribution is 5.77. The molecule has 1 aromatic heterocycles. The standard InChI is InChI=1S/C15H14O6/c1-15(9-19-14(17)21-15)6-7-18-11-4-2-10-3-5-13(16)20-12(10)8-11/h2-5,8H,6-7,9H2,1H3. The van der Waals surface area contributed by atoms with E-state index >= 15 is 0 Å². The molecule has 3 rings (SSSR count). The van der Waals surface area contributed by atoms with Gasteiger partial charge in [-0.05, 0) is 25.1 Å². The molecule has 1 unspecified atom stereocenters. The highest BCUT2D eigenvalue weighted by Crippen LogP contribution is 2.24. The van der Waals surface area contributed by atoms with E-state index in [0.29, 0.717) is 24.4 Å². The predicted molar refractivity (Wildman–Crippen MR) is 73.4 cm³/mol. The molecular weight excluding hydrogens is 276 g/mol. The number of benzene rings is 1. The van der Waals surface area contributed by atoms with Crippen molar-refractivity contribution in [3.05, 3.63) is 40.8 Å². The van der Waals surface area contributed by atoms with Gasteiger partial charge in [-0.15, -0.1) is 0 Å². The molecule has 6 heteroatoms. The third kappa shape index (κ3) is 2.99. The lowest BCUT2D eigenvalue weighted by Gasteiger charge is -2.19. The molecule has 0 aliphatic carbocycles. The highest BCUT2D eigenvalue weighted by Gasteiger charge is 2.37. The molecule has 1 fully saturated rings. The second-order valence-electron chi connectivity index (χ2n) is 5.14. The fourth-order valence-electron chi connectivity index (χ4n) is 2.11. The molecule has 1 atom stereocenters. The minimum atomic E-state index is -0.652. The Labute approximate surface area is 120 Å². The van der Waals surface area contributed by atoms with Crippen LogP contribution in [-0.2, 0) is 9.47 Å². The molecule has 6 nitrogen and oxygen atoms in total. The maximum Gasteiger partial charge on any atom is 0.509 e. The van der Waals surface area contributed by atoms with E-state index in [1.54, 1.807) is 25.1 Å². The Morgan fingerprint density at radius 3 is 2.81 bits per heavy atom. The van der Waals surface area contributed by atoms with Gasteiger partial charge in [0, 0.05) is 23.9 Å². The van der Waals surface area contributed by atoms with Gasteiger partial charge in [-0.1, -0.05) is 0 Å². The van der Waals surface area contributed by atoms with Crippen molar-refractivity contribution in [2.24, 2.45) is 0 Å². The molecule has 0 amide bonds. The van der Waals surface area contributed by atoms with Crippen molar-refractivity contribution in [1.29, 1.82) is 0 Å². The molecule has 0 bridgehead atoms. The van der Waals surface area contributed by atoms with Crippen LogP contribution in [0.5, 0.6) is 5.75 Å². The Morgan fingerprint density at radius 1 is 1.24 bits per heavy atom. The molecular formula is C15H14O6. The lowest BCUT2D eigenvalue weighted by Crippen LogP contribution is -2.29. The van der Waals surface area contributed by atoms with Crippen LogP contribution in [0.25, 0.3) is 11.0 Å². The van der Waals surface area contributed by atoms with Crippen molar-refractivity contribution in [1.82, 2.24) is 0 Å². The summed E-state index contributed by atoms with van der Waals surface area (Å²) in [7, 11) is 0. The molecule has 1 aliphatic rings. The van der Waals surface area contributed by atoms with Gasteiger partial charge in [-0.25, -0.2) is 9.59 Å².